The number of aromatic nitrogens is 3. The summed E-state index contributed by atoms with van der Waals surface area (Å²) < 4.78 is 14.7. The molecule has 0 aliphatic rings. The maximum atomic E-state index is 14.7. The van der Waals surface area contributed by atoms with Crippen LogP contribution >= 0.6 is 11.6 Å². The summed E-state index contributed by atoms with van der Waals surface area (Å²) in [5, 5.41) is 12.0. The first-order valence-electron chi connectivity index (χ1n) is 9.57. The SMILES string of the molecule is C=C(C=N)c1ccc2ncc(Cl)c(N[C@H](C)c3cc(-c4cncnc4)ccc3F)c2c1. The molecule has 2 N–H and O–H groups in total. The summed E-state index contributed by atoms with van der Waals surface area (Å²) in [6.45, 7) is 5.75. The van der Waals surface area contributed by atoms with Crippen LogP contribution in [0.4, 0.5) is 10.1 Å². The van der Waals surface area contributed by atoms with Gasteiger partial charge in [-0.2, -0.15) is 0 Å². The zero-order chi connectivity index (χ0) is 22.0. The van der Waals surface area contributed by atoms with Gasteiger partial charge in [0.1, 0.15) is 12.1 Å². The molecule has 2 heterocycles. The van der Waals surface area contributed by atoms with Gasteiger partial charge in [0.15, 0.2) is 0 Å². The van der Waals surface area contributed by atoms with Gasteiger partial charge in [0.2, 0.25) is 0 Å². The van der Waals surface area contributed by atoms with Crippen molar-refractivity contribution in [2.45, 2.75) is 13.0 Å². The molecule has 0 aliphatic carbocycles. The van der Waals surface area contributed by atoms with Crippen LogP contribution < -0.4 is 5.32 Å². The standard InChI is InChI=1S/C24H19ClFN5/c1-14(9-27)16-4-6-23-20(7-16)24(21(25)12-30-23)31-15(2)19-8-17(3-5-22(19)26)18-10-28-13-29-11-18/h3-13,15,27H,1H2,2H3,(H,30,31)/t15-/m1/s1. The fourth-order valence-corrected chi connectivity index (χ4v) is 3.60. The molecule has 2 aromatic carbocycles. The van der Waals surface area contributed by atoms with E-state index in [0.717, 1.165) is 27.6 Å². The number of hydrogen-bond donors (Lipinski definition) is 2. The lowest BCUT2D eigenvalue weighted by molar-refractivity contribution is 0.600. The molecule has 1 atom stereocenters. The average molecular weight is 432 g/mol. The number of anilines is 1. The number of hydrogen-bond acceptors (Lipinski definition) is 5. The number of fused-ring (bicyclic) bond motifs is 1. The highest BCUT2D eigenvalue weighted by Crippen LogP contribution is 2.35. The van der Waals surface area contributed by atoms with Gasteiger partial charge in [0.05, 0.1) is 22.3 Å². The summed E-state index contributed by atoms with van der Waals surface area (Å²) in [6.07, 6.45) is 7.59. The van der Waals surface area contributed by atoms with Crippen molar-refractivity contribution in [1.29, 1.82) is 5.41 Å². The van der Waals surface area contributed by atoms with E-state index in [1.807, 2.05) is 25.1 Å². The Bertz CT molecular complexity index is 1290. The zero-order valence-corrected chi connectivity index (χ0v) is 17.5. The van der Waals surface area contributed by atoms with E-state index < -0.39 is 0 Å². The number of nitrogens with one attached hydrogen (secondary N) is 2. The van der Waals surface area contributed by atoms with Crippen LogP contribution in [0.2, 0.25) is 5.02 Å². The van der Waals surface area contributed by atoms with Gasteiger partial charge < -0.3 is 10.7 Å². The van der Waals surface area contributed by atoms with Crippen LogP contribution in [-0.2, 0) is 0 Å². The third-order valence-corrected chi connectivity index (χ3v) is 5.37. The third kappa shape index (κ3) is 4.15. The van der Waals surface area contributed by atoms with E-state index in [2.05, 4.69) is 26.8 Å². The highest BCUT2D eigenvalue weighted by molar-refractivity contribution is 6.34. The van der Waals surface area contributed by atoms with E-state index >= 15 is 0 Å². The first-order valence-corrected chi connectivity index (χ1v) is 9.95. The molecule has 0 saturated heterocycles. The van der Waals surface area contributed by atoms with Crippen LogP contribution in [0.5, 0.6) is 0 Å². The Hall–Kier alpha value is -3.64. The van der Waals surface area contributed by atoms with E-state index in [4.69, 9.17) is 17.0 Å². The normalized spacial score (nSPS) is 11.8. The molecule has 7 heteroatoms. The topological polar surface area (TPSA) is 74.6 Å². The van der Waals surface area contributed by atoms with Crippen LogP contribution in [-0.4, -0.2) is 21.2 Å². The summed E-state index contributed by atoms with van der Waals surface area (Å²) in [5.74, 6) is -0.326. The molecule has 0 spiro atoms. The zero-order valence-electron chi connectivity index (χ0n) is 16.7. The Morgan fingerprint density at radius 2 is 1.90 bits per heavy atom. The lowest BCUT2D eigenvalue weighted by atomic mass is 10.00. The molecular weight excluding hydrogens is 413 g/mol. The number of pyridine rings is 1. The Balaban J connectivity index is 1.75. The number of benzene rings is 2. The molecule has 4 aromatic rings. The van der Waals surface area contributed by atoms with E-state index in [-0.39, 0.29) is 11.9 Å². The van der Waals surface area contributed by atoms with Crippen LogP contribution in [0, 0.1) is 11.2 Å². The second-order valence-corrected chi connectivity index (χ2v) is 7.52. The summed E-state index contributed by atoms with van der Waals surface area (Å²) in [5.41, 5.74) is 4.86. The Morgan fingerprint density at radius 1 is 1.13 bits per heavy atom. The quantitative estimate of drug-likeness (QED) is 0.350. The third-order valence-electron chi connectivity index (χ3n) is 5.08. The van der Waals surface area contributed by atoms with Crippen molar-refractivity contribution in [2.75, 3.05) is 5.32 Å². The molecule has 0 amide bonds. The summed E-state index contributed by atoms with van der Waals surface area (Å²) in [4.78, 5) is 12.4. The summed E-state index contributed by atoms with van der Waals surface area (Å²) in [7, 11) is 0. The van der Waals surface area contributed by atoms with Gasteiger partial charge in [-0.3, -0.25) is 4.98 Å². The minimum atomic E-state index is -0.387. The van der Waals surface area contributed by atoms with Crippen molar-refractivity contribution in [3.8, 4) is 11.1 Å². The molecule has 4 rings (SSSR count). The number of rotatable bonds is 6. The fourth-order valence-electron chi connectivity index (χ4n) is 3.40. The molecular formula is C24H19ClFN5. The maximum absolute atomic E-state index is 14.7. The van der Waals surface area contributed by atoms with Gasteiger partial charge in [-0.25, -0.2) is 14.4 Å². The van der Waals surface area contributed by atoms with Crippen molar-refractivity contribution in [1.82, 2.24) is 15.0 Å². The second kappa shape index (κ2) is 8.62. The van der Waals surface area contributed by atoms with Crippen LogP contribution in [0.1, 0.15) is 24.1 Å². The highest BCUT2D eigenvalue weighted by atomic mass is 35.5. The molecule has 0 aliphatic heterocycles. The second-order valence-electron chi connectivity index (χ2n) is 7.11. The molecule has 154 valence electrons. The fraction of sp³-hybridized carbons (Fsp3) is 0.0833. The van der Waals surface area contributed by atoms with Crippen LogP contribution in [0.15, 0.2) is 67.9 Å². The molecule has 0 unspecified atom stereocenters. The first kappa shape index (κ1) is 20.6. The Kier molecular flexibility index (Phi) is 5.73. The van der Waals surface area contributed by atoms with E-state index in [1.165, 1.54) is 18.6 Å². The summed E-state index contributed by atoms with van der Waals surface area (Å²) >= 11 is 6.46. The van der Waals surface area contributed by atoms with Gasteiger partial charge >= 0.3 is 0 Å². The van der Waals surface area contributed by atoms with Crippen molar-refractivity contribution < 1.29 is 4.39 Å². The number of allylic oxidation sites excluding steroid dienone is 1. The molecule has 5 nitrogen and oxygen atoms in total. The van der Waals surface area contributed by atoms with Crippen molar-refractivity contribution >= 4 is 40.0 Å². The molecule has 0 bridgehead atoms. The van der Waals surface area contributed by atoms with Gasteiger partial charge in [-0.1, -0.05) is 30.3 Å². The average Bonchev–Trinajstić information content (AvgIpc) is 2.80. The largest absolute Gasteiger partial charge is 0.377 e. The lowest BCUT2D eigenvalue weighted by Gasteiger charge is -2.20. The lowest BCUT2D eigenvalue weighted by Crippen LogP contribution is -2.10. The predicted molar refractivity (Wildman–Crippen MR) is 124 cm³/mol. The summed E-state index contributed by atoms with van der Waals surface area (Å²) in [6, 6.07) is 10.1. The molecule has 0 fully saturated rings. The van der Waals surface area contributed by atoms with Crippen molar-refractivity contribution in [2.24, 2.45) is 0 Å². The first-order chi connectivity index (χ1) is 15.0. The number of halogens is 2. The van der Waals surface area contributed by atoms with Crippen LogP contribution in [0.3, 0.4) is 0 Å². The van der Waals surface area contributed by atoms with Crippen molar-refractivity contribution in [3.05, 3.63) is 89.9 Å². The maximum Gasteiger partial charge on any atom is 0.128 e. The van der Waals surface area contributed by atoms with Gasteiger partial charge in [0, 0.05) is 41.3 Å². The van der Waals surface area contributed by atoms with E-state index in [1.54, 1.807) is 30.7 Å². The van der Waals surface area contributed by atoms with Gasteiger partial charge in [-0.15, -0.1) is 0 Å². The molecule has 2 aromatic heterocycles. The van der Waals surface area contributed by atoms with Gasteiger partial charge in [0.25, 0.3) is 0 Å². The van der Waals surface area contributed by atoms with E-state index in [9.17, 15) is 4.39 Å². The predicted octanol–water partition coefficient (Wildman–Crippen LogP) is 6.32. The van der Waals surface area contributed by atoms with Crippen LogP contribution in [0.25, 0.3) is 27.6 Å². The van der Waals surface area contributed by atoms with Crippen molar-refractivity contribution in [3.63, 3.8) is 0 Å². The minimum Gasteiger partial charge on any atom is -0.377 e. The number of nitrogens with zero attached hydrogens (tertiary/aromatic N) is 3. The Morgan fingerprint density at radius 3 is 2.65 bits per heavy atom. The highest BCUT2D eigenvalue weighted by Gasteiger charge is 2.16. The van der Waals surface area contributed by atoms with E-state index in [0.29, 0.717) is 21.8 Å². The molecule has 31 heavy (non-hydrogen) atoms. The molecule has 0 radical (unpaired) electrons. The van der Waals surface area contributed by atoms with Gasteiger partial charge in [-0.05, 0) is 47.9 Å². The Labute approximate surface area is 184 Å². The minimum absolute atomic E-state index is 0.326. The smallest absolute Gasteiger partial charge is 0.128 e. The molecule has 0 saturated carbocycles. The monoisotopic (exact) mass is 431 g/mol.